The molecule has 0 aliphatic heterocycles. The van der Waals surface area contributed by atoms with Crippen LogP contribution in [0.5, 0.6) is 5.88 Å². The first kappa shape index (κ1) is 15.6. The van der Waals surface area contributed by atoms with Gasteiger partial charge < -0.3 is 15.2 Å². The van der Waals surface area contributed by atoms with Gasteiger partial charge in [0.05, 0.1) is 12.2 Å². The molecule has 1 aliphatic carbocycles. The Morgan fingerprint density at radius 1 is 1.38 bits per heavy atom. The van der Waals surface area contributed by atoms with Crippen LogP contribution < -0.4 is 10.5 Å². The molecule has 0 spiro atoms. The van der Waals surface area contributed by atoms with E-state index in [4.69, 9.17) is 15.2 Å². The zero-order valence-corrected chi connectivity index (χ0v) is 13.0. The molecule has 1 aromatic rings. The Labute approximate surface area is 125 Å². The van der Waals surface area contributed by atoms with Crippen LogP contribution in [0.1, 0.15) is 50.4 Å². The molecule has 0 radical (unpaired) electrons. The third kappa shape index (κ3) is 3.65. The van der Waals surface area contributed by atoms with E-state index in [-0.39, 0.29) is 11.8 Å². The average molecular weight is 292 g/mol. The molecule has 5 heteroatoms. The fourth-order valence-corrected chi connectivity index (χ4v) is 2.70. The number of esters is 1. The number of nitrogens with two attached hydrogens (primary N) is 1. The molecular formula is C16H24N2O3. The molecule has 0 amide bonds. The minimum absolute atomic E-state index is 0.114. The number of carbonyl (C=O) groups is 1. The van der Waals surface area contributed by atoms with Crippen LogP contribution in [0.4, 0.5) is 5.69 Å². The number of anilines is 1. The van der Waals surface area contributed by atoms with E-state index in [1.807, 2.05) is 0 Å². The third-order valence-corrected chi connectivity index (χ3v) is 4.28. The molecule has 116 valence electrons. The highest BCUT2D eigenvalue weighted by atomic mass is 16.5. The summed E-state index contributed by atoms with van der Waals surface area (Å²) < 4.78 is 10.9. The van der Waals surface area contributed by atoms with Crippen molar-refractivity contribution in [2.75, 3.05) is 12.3 Å². The molecule has 1 aromatic heterocycles. The van der Waals surface area contributed by atoms with Gasteiger partial charge in [-0.3, -0.25) is 0 Å². The Morgan fingerprint density at radius 3 is 2.81 bits per heavy atom. The van der Waals surface area contributed by atoms with Crippen LogP contribution in [0, 0.1) is 11.8 Å². The highest BCUT2D eigenvalue weighted by Crippen LogP contribution is 2.33. The molecule has 1 heterocycles. The fraction of sp³-hybridized carbons (Fsp3) is 0.625. The lowest BCUT2D eigenvalue weighted by molar-refractivity contribution is 0.0525. The van der Waals surface area contributed by atoms with Crippen molar-refractivity contribution in [2.24, 2.45) is 11.8 Å². The molecule has 21 heavy (non-hydrogen) atoms. The van der Waals surface area contributed by atoms with Crippen molar-refractivity contribution in [3.05, 3.63) is 17.8 Å². The monoisotopic (exact) mass is 292 g/mol. The first-order chi connectivity index (χ1) is 10.0. The van der Waals surface area contributed by atoms with Crippen LogP contribution >= 0.6 is 0 Å². The summed E-state index contributed by atoms with van der Waals surface area (Å²) in [4.78, 5) is 16.0. The van der Waals surface area contributed by atoms with E-state index in [1.54, 1.807) is 13.0 Å². The van der Waals surface area contributed by atoms with Crippen molar-refractivity contribution >= 4 is 11.7 Å². The maximum absolute atomic E-state index is 11.8. The Kier molecular flexibility index (Phi) is 5.04. The highest BCUT2D eigenvalue weighted by molar-refractivity contribution is 5.96. The maximum Gasteiger partial charge on any atom is 0.340 e. The quantitative estimate of drug-likeness (QED) is 0.863. The van der Waals surface area contributed by atoms with E-state index in [9.17, 15) is 4.79 Å². The van der Waals surface area contributed by atoms with Gasteiger partial charge in [-0.05, 0) is 44.1 Å². The number of rotatable bonds is 4. The van der Waals surface area contributed by atoms with E-state index in [2.05, 4.69) is 18.8 Å². The molecule has 5 nitrogen and oxygen atoms in total. The number of ether oxygens (including phenoxy) is 2. The summed E-state index contributed by atoms with van der Waals surface area (Å²) in [6.07, 6.45) is 4.78. The predicted octanol–water partition coefficient (Wildman–Crippen LogP) is 3.04. The number of aromatic nitrogens is 1. The Bertz CT molecular complexity index is 504. The Hall–Kier alpha value is -1.78. The minimum Gasteiger partial charge on any atom is -0.473 e. The Morgan fingerprint density at radius 2 is 2.14 bits per heavy atom. The van der Waals surface area contributed by atoms with Crippen LogP contribution in [-0.4, -0.2) is 23.7 Å². The van der Waals surface area contributed by atoms with Crippen molar-refractivity contribution in [3.63, 3.8) is 0 Å². The van der Waals surface area contributed by atoms with Crippen LogP contribution in [0.2, 0.25) is 0 Å². The molecule has 1 aliphatic rings. The van der Waals surface area contributed by atoms with E-state index in [0.717, 1.165) is 25.2 Å². The number of hydrogen-bond donors (Lipinski definition) is 1. The number of nitrogens with zero attached hydrogens (tertiary/aromatic N) is 1. The zero-order valence-electron chi connectivity index (χ0n) is 13.0. The second-order valence-corrected chi connectivity index (χ2v) is 5.81. The minimum atomic E-state index is -0.437. The summed E-state index contributed by atoms with van der Waals surface area (Å²) in [5.41, 5.74) is 6.59. The highest BCUT2D eigenvalue weighted by Gasteiger charge is 2.27. The lowest BCUT2D eigenvalue weighted by atomic mass is 9.80. The summed E-state index contributed by atoms with van der Waals surface area (Å²) in [5.74, 6) is 1.25. The van der Waals surface area contributed by atoms with E-state index in [0.29, 0.717) is 24.0 Å². The lowest BCUT2D eigenvalue weighted by Gasteiger charge is -2.32. The molecule has 1 saturated carbocycles. The molecule has 0 bridgehead atoms. The van der Waals surface area contributed by atoms with E-state index >= 15 is 0 Å². The van der Waals surface area contributed by atoms with Gasteiger partial charge in [0.15, 0.2) is 0 Å². The summed E-state index contributed by atoms with van der Waals surface area (Å²) in [6, 6.07) is 1.56. The third-order valence-electron chi connectivity index (χ3n) is 4.28. The molecule has 2 N–H and O–H groups in total. The van der Waals surface area contributed by atoms with E-state index < -0.39 is 5.97 Å². The van der Waals surface area contributed by atoms with E-state index in [1.165, 1.54) is 6.20 Å². The van der Waals surface area contributed by atoms with Gasteiger partial charge in [0.25, 0.3) is 0 Å². The largest absolute Gasteiger partial charge is 0.473 e. The summed E-state index contributed by atoms with van der Waals surface area (Å²) >= 11 is 0. The molecule has 0 saturated heterocycles. The lowest BCUT2D eigenvalue weighted by Crippen LogP contribution is -2.29. The molecule has 0 aromatic carbocycles. The first-order valence-corrected chi connectivity index (χ1v) is 7.61. The Balaban J connectivity index is 2.10. The number of nitrogen functional groups attached to an aromatic ring is 1. The average Bonchev–Trinajstić information content (AvgIpc) is 2.45. The van der Waals surface area contributed by atoms with Crippen molar-refractivity contribution in [2.45, 2.75) is 46.1 Å². The summed E-state index contributed by atoms with van der Waals surface area (Å²) in [7, 11) is 0. The standard InChI is InChI=1S/C16H24N2O3/c1-4-20-16(19)13-7-8-18-15(14(13)17)21-12-6-5-10(2)11(3)9-12/h7-8,10-12H,4-6,9,17H2,1-3H3. The van der Waals surface area contributed by atoms with Gasteiger partial charge in [-0.1, -0.05) is 13.8 Å². The fourth-order valence-electron chi connectivity index (χ4n) is 2.70. The summed E-state index contributed by atoms with van der Waals surface area (Å²) in [6.45, 7) is 6.59. The number of carbonyl (C=O) groups excluding carboxylic acids is 1. The SMILES string of the molecule is CCOC(=O)c1ccnc(OC2CCC(C)C(C)C2)c1N. The maximum atomic E-state index is 11.8. The van der Waals surface area contributed by atoms with Gasteiger partial charge in [0.2, 0.25) is 5.88 Å². The predicted molar refractivity (Wildman–Crippen MR) is 81.2 cm³/mol. The second kappa shape index (κ2) is 6.78. The smallest absolute Gasteiger partial charge is 0.340 e. The van der Waals surface area contributed by atoms with Crippen LogP contribution in [0.15, 0.2) is 12.3 Å². The summed E-state index contributed by atoms with van der Waals surface area (Å²) in [5, 5.41) is 0. The van der Waals surface area contributed by atoms with Gasteiger partial charge in [-0.25, -0.2) is 9.78 Å². The van der Waals surface area contributed by atoms with Gasteiger partial charge in [0, 0.05) is 6.20 Å². The molecule has 3 unspecified atom stereocenters. The van der Waals surface area contributed by atoms with Crippen LogP contribution in [0.25, 0.3) is 0 Å². The van der Waals surface area contributed by atoms with Gasteiger partial charge in [-0.2, -0.15) is 0 Å². The van der Waals surface area contributed by atoms with Gasteiger partial charge in [0.1, 0.15) is 11.8 Å². The number of hydrogen-bond acceptors (Lipinski definition) is 5. The molecular weight excluding hydrogens is 268 g/mol. The number of pyridine rings is 1. The topological polar surface area (TPSA) is 74.4 Å². The van der Waals surface area contributed by atoms with Crippen molar-refractivity contribution in [3.8, 4) is 5.88 Å². The zero-order chi connectivity index (χ0) is 15.4. The first-order valence-electron chi connectivity index (χ1n) is 7.61. The van der Waals surface area contributed by atoms with Crippen molar-refractivity contribution < 1.29 is 14.3 Å². The van der Waals surface area contributed by atoms with Crippen molar-refractivity contribution in [1.82, 2.24) is 4.98 Å². The molecule has 1 fully saturated rings. The van der Waals surface area contributed by atoms with Crippen molar-refractivity contribution in [1.29, 1.82) is 0 Å². The van der Waals surface area contributed by atoms with Gasteiger partial charge >= 0.3 is 5.97 Å². The molecule has 3 atom stereocenters. The van der Waals surface area contributed by atoms with Crippen LogP contribution in [-0.2, 0) is 4.74 Å². The second-order valence-electron chi connectivity index (χ2n) is 5.81. The molecule has 2 rings (SSSR count). The normalized spacial score (nSPS) is 25.4. The van der Waals surface area contributed by atoms with Gasteiger partial charge in [-0.15, -0.1) is 0 Å². The van der Waals surface area contributed by atoms with Crippen LogP contribution in [0.3, 0.4) is 0 Å².